The van der Waals surface area contributed by atoms with Crippen LogP contribution in [0.15, 0.2) is 18.3 Å². The summed E-state index contributed by atoms with van der Waals surface area (Å²) in [5.41, 5.74) is 4.34. The third-order valence-corrected chi connectivity index (χ3v) is 7.92. The summed E-state index contributed by atoms with van der Waals surface area (Å²) >= 11 is 0. The number of methoxy groups -OCH3 is 2. The van der Waals surface area contributed by atoms with Gasteiger partial charge in [0.15, 0.2) is 23.1 Å². The van der Waals surface area contributed by atoms with Crippen molar-refractivity contribution in [3.63, 3.8) is 0 Å². The van der Waals surface area contributed by atoms with E-state index in [1.807, 2.05) is 18.6 Å². The van der Waals surface area contributed by atoms with Gasteiger partial charge in [0.1, 0.15) is 16.9 Å². The van der Waals surface area contributed by atoms with Crippen LogP contribution in [0, 0.1) is 11.6 Å². The van der Waals surface area contributed by atoms with E-state index in [1.54, 1.807) is 11.1 Å². The van der Waals surface area contributed by atoms with Crippen LogP contribution in [0.4, 0.5) is 20.2 Å². The number of aromatic nitrogens is 2. The fourth-order valence-corrected chi connectivity index (χ4v) is 5.89. The van der Waals surface area contributed by atoms with Gasteiger partial charge >= 0.3 is 0 Å². The molecule has 1 N–H and O–H groups in total. The zero-order chi connectivity index (χ0) is 25.6. The highest BCUT2D eigenvalue weighted by Gasteiger charge is 2.34. The zero-order valence-electron chi connectivity index (χ0n) is 21.2. The molecule has 36 heavy (non-hydrogen) atoms. The van der Waals surface area contributed by atoms with Crippen molar-refractivity contribution in [2.45, 2.75) is 13.1 Å². The van der Waals surface area contributed by atoms with Crippen molar-refractivity contribution in [1.29, 1.82) is 0 Å². The second kappa shape index (κ2) is 9.84. The average molecular weight is 517 g/mol. The molecule has 5 rings (SSSR count). The predicted molar refractivity (Wildman–Crippen MR) is 141 cm³/mol. The van der Waals surface area contributed by atoms with Gasteiger partial charge in [0.2, 0.25) is 0 Å². The Balaban J connectivity index is 1.55. The van der Waals surface area contributed by atoms with Gasteiger partial charge in [0.25, 0.3) is 0 Å². The molecule has 192 valence electrons. The number of piperazine rings is 1. The molecule has 2 aromatic heterocycles. The number of hydrogen-bond donors (Lipinski definition) is 1. The number of pyridine rings is 1. The van der Waals surface area contributed by atoms with Crippen molar-refractivity contribution in [3.8, 4) is 11.5 Å². The number of likely N-dealkylation sites (N-methyl/N-ethyl adjacent to an activating group) is 1. The maximum absolute atomic E-state index is 15.4. The number of fused-ring (bicyclic) bond motifs is 3. The summed E-state index contributed by atoms with van der Waals surface area (Å²) in [6.07, 6.45) is 1.79. The lowest BCUT2D eigenvalue weighted by Gasteiger charge is -2.39. The van der Waals surface area contributed by atoms with Gasteiger partial charge in [-0.15, -0.1) is 0 Å². The molecular weight excluding hydrogens is 485 g/mol. The number of benzene rings is 1. The van der Waals surface area contributed by atoms with E-state index < -0.39 is 11.6 Å². The van der Waals surface area contributed by atoms with E-state index in [0.29, 0.717) is 0 Å². The highest BCUT2D eigenvalue weighted by molar-refractivity contribution is 7.40. The third kappa shape index (κ3) is 4.17. The molecular formula is C25H31F2N6O2P. The van der Waals surface area contributed by atoms with Crippen molar-refractivity contribution in [2.24, 2.45) is 0 Å². The van der Waals surface area contributed by atoms with E-state index in [9.17, 15) is 0 Å². The number of rotatable bonds is 5. The Morgan fingerprint density at radius 3 is 2.28 bits per heavy atom. The topological polar surface area (TPSA) is 60.1 Å². The standard InChI is InChI=1S/C25H31F2N6O2P/c1-30-6-8-32(9-7-30)14-16-10-17-22-15(12-28-24(17)29-16)13-33(25(36-5)31(22)2)23-20(26)18(34-3)11-19(35-4)21(23)27/h10-12H,6-9,13-14H2,1-5H3,(H,28,29). The minimum absolute atomic E-state index is 0.0726. The first-order chi connectivity index (χ1) is 17.4. The number of nitrogens with one attached hydrogen (secondary N) is 1. The molecule has 1 saturated heterocycles. The third-order valence-electron chi connectivity index (χ3n) is 6.98. The summed E-state index contributed by atoms with van der Waals surface area (Å²) in [6.45, 7) is 7.22. The lowest BCUT2D eigenvalue weighted by Crippen LogP contribution is -2.46. The maximum atomic E-state index is 15.4. The normalized spacial score (nSPS) is 18.2. The number of anilines is 2. The van der Waals surface area contributed by atoms with Crippen molar-refractivity contribution in [1.82, 2.24) is 19.8 Å². The molecule has 11 heteroatoms. The molecule has 0 aliphatic carbocycles. The SMILES string of the molecule is COc1cc(OC)c(F)c(N2Cc3cnc4[nH]c(CN5CCN(C)CC5)cc4c3N(C)/C2=P/C)c1F. The van der Waals surface area contributed by atoms with Crippen LogP contribution in [-0.4, -0.2) is 86.5 Å². The minimum Gasteiger partial charge on any atom is -0.493 e. The van der Waals surface area contributed by atoms with Gasteiger partial charge in [-0.1, -0.05) is 8.20 Å². The number of ether oxygens (including phenoxy) is 2. The number of hydrogen-bond acceptors (Lipinski definition) is 5. The van der Waals surface area contributed by atoms with E-state index >= 15 is 8.78 Å². The summed E-state index contributed by atoms with van der Waals surface area (Å²) in [5, 5.41) is 1.00. The Hall–Kier alpha value is -2.94. The van der Waals surface area contributed by atoms with Crippen LogP contribution in [-0.2, 0) is 13.1 Å². The van der Waals surface area contributed by atoms with Gasteiger partial charge in [-0.3, -0.25) is 4.90 Å². The first-order valence-corrected chi connectivity index (χ1v) is 13.2. The van der Waals surface area contributed by atoms with Gasteiger partial charge in [-0.05, 0) is 19.8 Å². The van der Waals surface area contributed by atoms with Crippen LogP contribution in [0.5, 0.6) is 11.5 Å². The number of halogens is 2. The summed E-state index contributed by atoms with van der Waals surface area (Å²) in [7, 11) is 7.63. The molecule has 0 amide bonds. The molecule has 0 bridgehead atoms. The molecule has 0 saturated carbocycles. The Bertz CT molecular complexity index is 1290. The maximum Gasteiger partial charge on any atom is 0.192 e. The second-order valence-corrected chi connectivity index (χ2v) is 10.0. The van der Waals surface area contributed by atoms with Gasteiger partial charge < -0.3 is 29.2 Å². The zero-order valence-corrected chi connectivity index (χ0v) is 22.1. The summed E-state index contributed by atoms with van der Waals surface area (Å²) < 4.78 is 41.2. The second-order valence-electron chi connectivity index (χ2n) is 9.19. The number of H-pyrrole nitrogens is 1. The molecule has 2 aliphatic heterocycles. The quantitative estimate of drug-likeness (QED) is 0.519. The van der Waals surface area contributed by atoms with E-state index in [1.165, 1.54) is 20.3 Å². The summed E-state index contributed by atoms with van der Waals surface area (Å²) in [6, 6.07) is 3.39. The van der Waals surface area contributed by atoms with Crippen molar-refractivity contribution in [2.75, 3.05) is 71.0 Å². The van der Waals surface area contributed by atoms with Gasteiger partial charge in [-0.2, -0.15) is 0 Å². The molecule has 1 aromatic carbocycles. The van der Waals surface area contributed by atoms with Crippen LogP contribution in [0.3, 0.4) is 0 Å². The van der Waals surface area contributed by atoms with Gasteiger partial charge in [0.05, 0.1) is 26.5 Å². The predicted octanol–water partition coefficient (Wildman–Crippen LogP) is 3.73. The monoisotopic (exact) mass is 516 g/mol. The highest BCUT2D eigenvalue weighted by Crippen LogP contribution is 2.42. The van der Waals surface area contributed by atoms with Gasteiger partial charge in [0, 0.05) is 68.7 Å². The minimum atomic E-state index is -0.765. The van der Waals surface area contributed by atoms with E-state index in [0.717, 1.165) is 74.4 Å². The lowest BCUT2D eigenvalue weighted by atomic mass is 10.1. The van der Waals surface area contributed by atoms with E-state index in [-0.39, 0.29) is 23.7 Å². The Morgan fingerprint density at radius 2 is 1.67 bits per heavy atom. The van der Waals surface area contributed by atoms with Crippen LogP contribution in [0.2, 0.25) is 0 Å². The Kier molecular flexibility index (Phi) is 6.76. The van der Waals surface area contributed by atoms with Crippen LogP contribution in [0.25, 0.3) is 11.0 Å². The lowest BCUT2D eigenvalue weighted by molar-refractivity contribution is 0.147. The van der Waals surface area contributed by atoms with Crippen molar-refractivity contribution >= 4 is 36.2 Å². The fraction of sp³-hybridized carbons (Fsp3) is 0.440. The van der Waals surface area contributed by atoms with Crippen LogP contribution in [0.1, 0.15) is 11.3 Å². The molecule has 1 fully saturated rings. The molecule has 0 spiro atoms. The Labute approximate surface area is 211 Å². The van der Waals surface area contributed by atoms with E-state index in [4.69, 9.17) is 9.47 Å². The van der Waals surface area contributed by atoms with Gasteiger partial charge in [-0.25, -0.2) is 13.8 Å². The number of nitrogens with zero attached hydrogens (tertiary/aromatic N) is 5. The summed E-state index contributed by atoms with van der Waals surface area (Å²) in [4.78, 5) is 16.6. The molecule has 8 nitrogen and oxygen atoms in total. The van der Waals surface area contributed by atoms with Crippen LogP contribution >= 0.6 is 8.20 Å². The first kappa shape index (κ1) is 24.7. The Morgan fingerprint density at radius 1 is 1.00 bits per heavy atom. The molecule has 0 radical (unpaired) electrons. The molecule has 2 aliphatic rings. The average Bonchev–Trinajstić information content (AvgIpc) is 3.28. The fourth-order valence-electron chi connectivity index (χ4n) is 5.08. The summed E-state index contributed by atoms with van der Waals surface area (Å²) in [5.74, 6) is -1.67. The highest BCUT2D eigenvalue weighted by atomic mass is 31.1. The first-order valence-electron chi connectivity index (χ1n) is 11.8. The number of aromatic amines is 1. The van der Waals surface area contributed by atoms with E-state index in [2.05, 4.69) is 32.9 Å². The molecule has 4 heterocycles. The van der Waals surface area contributed by atoms with Crippen molar-refractivity contribution in [3.05, 3.63) is 41.2 Å². The molecule has 3 aromatic rings. The largest absolute Gasteiger partial charge is 0.493 e. The van der Waals surface area contributed by atoms with Crippen molar-refractivity contribution < 1.29 is 18.3 Å². The molecule has 0 atom stereocenters. The smallest absolute Gasteiger partial charge is 0.192 e. The van der Waals surface area contributed by atoms with Crippen LogP contribution < -0.4 is 19.3 Å². The molecule has 0 unspecified atom stereocenters.